The van der Waals surface area contributed by atoms with Crippen LogP contribution < -0.4 is 0 Å². The highest BCUT2D eigenvalue weighted by atomic mass is 32.2. The van der Waals surface area contributed by atoms with Gasteiger partial charge in [0.2, 0.25) is 0 Å². The number of thioether (sulfide) groups is 1. The molecule has 0 saturated carbocycles. The molecule has 2 aliphatic heterocycles. The van der Waals surface area contributed by atoms with Gasteiger partial charge in [0.25, 0.3) is 0 Å². The van der Waals surface area contributed by atoms with Crippen LogP contribution in [-0.2, 0) is 20.8 Å². The van der Waals surface area contributed by atoms with E-state index >= 15 is 0 Å². The fraction of sp³-hybridized carbons (Fsp3) is 0.571. The Morgan fingerprint density at radius 3 is 2.94 bits per heavy atom. The summed E-state index contributed by atoms with van der Waals surface area (Å²) in [6, 6.07) is 10.3. The maximum Gasteiger partial charge on any atom is 0.170 e. The molecule has 4 heteroatoms. The van der Waals surface area contributed by atoms with Crippen molar-refractivity contribution in [2.24, 2.45) is 0 Å². The molecule has 2 fully saturated rings. The highest BCUT2D eigenvalue weighted by Gasteiger charge is 2.44. The predicted octanol–water partition coefficient (Wildman–Crippen LogP) is 2.45. The molecule has 98 valence electrons. The Hall–Kier alpha value is -0.550. The average Bonchev–Trinajstić information content (AvgIpc) is 2.84. The van der Waals surface area contributed by atoms with Crippen molar-refractivity contribution in [3.63, 3.8) is 0 Å². The molecule has 1 aromatic rings. The number of hydrogen-bond donors (Lipinski definition) is 0. The van der Waals surface area contributed by atoms with Crippen molar-refractivity contribution < 1.29 is 14.2 Å². The van der Waals surface area contributed by atoms with Gasteiger partial charge in [-0.25, -0.2) is 0 Å². The van der Waals surface area contributed by atoms with Gasteiger partial charge in [-0.05, 0) is 18.2 Å². The highest BCUT2D eigenvalue weighted by molar-refractivity contribution is 7.99. The Kier molecular flexibility index (Phi) is 3.89. The lowest BCUT2D eigenvalue weighted by atomic mass is 10.1. The second kappa shape index (κ2) is 5.61. The maximum atomic E-state index is 6.01. The number of benzene rings is 1. The van der Waals surface area contributed by atoms with Crippen LogP contribution in [0.25, 0.3) is 0 Å². The minimum Gasteiger partial charge on any atom is -0.371 e. The summed E-state index contributed by atoms with van der Waals surface area (Å²) in [5.41, 5.74) is 1.21. The first-order valence-electron chi connectivity index (χ1n) is 6.32. The van der Waals surface area contributed by atoms with E-state index in [1.807, 2.05) is 18.2 Å². The van der Waals surface area contributed by atoms with Gasteiger partial charge in [0, 0.05) is 0 Å². The van der Waals surface area contributed by atoms with Crippen molar-refractivity contribution in [1.29, 1.82) is 0 Å². The van der Waals surface area contributed by atoms with E-state index in [9.17, 15) is 0 Å². The Morgan fingerprint density at radius 1 is 1.33 bits per heavy atom. The molecule has 0 aromatic heterocycles. The van der Waals surface area contributed by atoms with Gasteiger partial charge in [0.15, 0.2) is 6.29 Å². The summed E-state index contributed by atoms with van der Waals surface area (Å²) < 4.78 is 17.5. The number of hydrogen-bond acceptors (Lipinski definition) is 4. The van der Waals surface area contributed by atoms with Crippen LogP contribution in [0.3, 0.4) is 0 Å². The molecule has 18 heavy (non-hydrogen) atoms. The molecule has 3 rings (SSSR count). The summed E-state index contributed by atoms with van der Waals surface area (Å²) in [6.07, 6.45) is 3.36. The third-order valence-corrected chi connectivity index (χ3v) is 4.55. The van der Waals surface area contributed by atoms with Gasteiger partial charge in [0.05, 0.1) is 24.6 Å². The number of ether oxygens (including phenoxy) is 3. The van der Waals surface area contributed by atoms with E-state index in [0.29, 0.717) is 18.5 Å². The van der Waals surface area contributed by atoms with E-state index in [0.717, 1.165) is 6.42 Å². The first-order chi connectivity index (χ1) is 8.86. The minimum absolute atomic E-state index is 0.0263. The molecular weight excluding hydrogens is 248 g/mol. The van der Waals surface area contributed by atoms with Crippen LogP contribution in [0.4, 0.5) is 0 Å². The summed E-state index contributed by atoms with van der Waals surface area (Å²) in [4.78, 5) is 0. The summed E-state index contributed by atoms with van der Waals surface area (Å²) in [5, 5.41) is 0.393. The Balaban J connectivity index is 1.59. The van der Waals surface area contributed by atoms with Gasteiger partial charge in [-0.3, -0.25) is 0 Å². The average molecular weight is 266 g/mol. The monoisotopic (exact) mass is 266 g/mol. The molecule has 2 aliphatic rings. The van der Waals surface area contributed by atoms with Crippen molar-refractivity contribution in [3.8, 4) is 0 Å². The van der Waals surface area contributed by atoms with Crippen molar-refractivity contribution in [2.75, 3.05) is 12.9 Å². The summed E-state index contributed by atoms with van der Waals surface area (Å²) in [6.45, 7) is 1.32. The fourth-order valence-electron chi connectivity index (χ4n) is 2.48. The van der Waals surface area contributed by atoms with Gasteiger partial charge in [-0.15, -0.1) is 0 Å². The quantitative estimate of drug-likeness (QED) is 0.836. The lowest BCUT2D eigenvalue weighted by molar-refractivity contribution is -0.134. The van der Waals surface area contributed by atoms with E-state index in [-0.39, 0.29) is 18.5 Å². The van der Waals surface area contributed by atoms with Crippen LogP contribution in [-0.4, -0.2) is 36.6 Å². The van der Waals surface area contributed by atoms with E-state index in [4.69, 9.17) is 14.2 Å². The van der Waals surface area contributed by atoms with Crippen molar-refractivity contribution >= 4 is 11.8 Å². The van der Waals surface area contributed by atoms with E-state index in [1.165, 1.54) is 5.56 Å². The fourth-order valence-corrected chi connectivity index (χ4v) is 3.23. The van der Waals surface area contributed by atoms with Gasteiger partial charge >= 0.3 is 0 Å². The first kappa shape index (κ1) is 12.5. The molecule has 0 unspecified atom stereocenters. The normalized spacial score (nSPS) is 34.7. The topological polar surface area (TPSA) is 27.7 Å². The summed E-state index contributed by atoms with van der Waals surface area (Å²) in [5.74, 6) is 0. The highest BCUT2D eigenvalue weighted by Crippen LogP contribution is 2.35. The molecule has 0 N–H and O–H groups in total. The Morgan fingerprint density at radius 2 is 2.17 bits per heavy atom. The van der Waals surface area contributed by atoms with Gasteiger partial charge in [0.1, 0.15) is 6.10 Å². The van der Waals surface area contributed by atoms with Crippen molar-refractivity contribution in [2.45, 2.75) is 36.8 Å². The molecule has 0 aliphatic carbocycles. The second-order valence-electron chi connectivity index (χ2n) is 4.72. The SMILES string of the molecule is CS[C@@H]1C[C@H](OCc2ccccc2)[C@H]2CO[C@@H]1O2. The third-order valence-electron chi connectivity index (χ3n) is 3.53. The largest absolute Gasteiger partial charge is 0.371 e. The Labute approximate surface area is 112 Å². The van der Waals surface area contributed by atoms with Crippen LogP contribution in [0.1, 0.15) is 12.0 Å². The van der Waals surface area contributed by atoms with Crippen LogP contribution in [0.5, 0.6) is 0 Å². The zero-order chi connectivity index (χ0) is 12.4. The molecule has 2 bridgehead atoms. The first-order valence-corrected chi connectivity index (χ1v) is 7.61. The van der Waals surface area contributed by atoms with Crippen LogP contribution >= 0.6 is 11.8 Å². The lowest BCUT2D eigenvalue weighted by Crippen LogP contribution is -2.41. The van der Waals surface area contributed by atoms with Gasteiger partial charge in [-0.2, -0.15) is 11.8 Å². The summed E-state index contributed by atoms with van der Waals surface area (Å²) >= 11 is 1.80. The zero-order valence-corrected chi connectivity index (χ0v) is 11.3. The van der Waals surface area contributed by atoms with Crippen molar-refractivity contribution in [3.05, 3.63) is 35.9 Å². The molecule has 2 heterocycles. The zero-order valence-electron chi connectivity index (χ0n) is 10.5. The lowest BCUT2D eigenvalue weighted by Gasteiger charge is -2.32. The molecular formula is C14H18O3S. The number of rotatable bonds is 4. The minimum atomic E-state index is -0.0263. The molecule has 3 nitrogen and oxygen atoms in total. The van der Waals surface area contributed by atoms with Gasteiger partial charge < -0.3 is 14.2 Å². The molecule has 0 radical (unpaired) electrons. The van der Waals surface area contributed by atoms with E-state index in [2.05, 4.69) is 18.4 Å². The van der Waals surface area contributed by atoms with Crippen LogP contribution in [0.2, 0.25) is 0 Å². The predicted molar refractivity (Wildman–Crippen MR) is 71.6 cm³/mol. The molecule has 1 aromatic carbocycles. The summed E-state index contributed by atoms with van der Waals surface area (Å²) in [7, 11) is 0. The Bertz CT molecular complexity index is 384. The second-order valence-corrected chi connectivity index (χ2v) is 5.80. The molecule has 0 spiro atoms. The molecule has 2 saturated heterocycles. The number of fused-ring (bicyclic) bond motifs is 2. The smallest absolute Gasteiger partial charge is 0.170 e. The maximum absolute atomic E-state index is 6.01. The van der Waals surface area contributed by atoms with Crippen LogP contribution in [0, 0.1) is 0 Å². The van der Waals surface area contributed by atoms with Crippen LogP contribution in [0.15, 0.2) is 30.3 Å². The third kappa shape index (κ3) is 2.57. The van der Waals surface area contributed by atoms with Crippen molar-refractivity contribution in [1.82, 2.24) is 0 Å². The molecule has 0 amide bonds. The van der Waals surface area contributed by atoms with E-state index in [1.54, 1.807) is 11.8 Å². The van der Waals surface area contributed by atoms with Gasteiger partial charge in [-0.1, -0.05) is 30.3 Å². The van der Waals surface area contributed by atoms with E-state index < -0.39 is 0 Å². The standard InChI is InChI=1S/C14H18O3S/c1-18-13-7-11(12-9-16-14(13)17-12)15-8-10-5-3-2-4-6-10/h2-6,11-14H,7-9H2,1H3/t11-,12+,13+,14+/m0/s1. The molecule has 4 atom stereocenters.